The van der Waals surface area contributed by atoms with Crippen LogP contribution < -0.4 is 10.5 Å². The van der Waals surface area contributed by atoms with Gasteiger partial charge in [-0.25, -0.2) is 4.98 Å². The van der Waals surface area contributed by atoms with Gasteiger partial charge in [-0.2, -0.15) is 0 Å². The highest BCUT2D eigenvalue weighted by atomic mass is 35.5. The topological polar surface area (TPSA) is 48.1 Å². The molecule has 1 aromatic heterocycles. The summed E-state index contributed by atoms with van der Waals surface area (Å²) in [5, 5.41) is 0.654. The van der Waals surface area contributed by atoms with Gasteiger partial charge in [0.1, 0.15) is 5.75 Å². The van der Waals surface area contributed by atoms with Gasteiger partial charge in [0.2, 0.25) is 0 Å². The van der Waals surface area contributed by atoms with Crippen molar-refractivity contribution in [2.24, 2.45) is 5.73 Å². The van der Waals surface area contributed by atoms with Gasteiger partial charge in [-0.15, -0.1) is 11.3 Å². The molecule has 2 aromatic rings. The van der Waals surface area contributed by atoms with Crippen LogP contribution >= 0.6 is 22.9 Å². The summed E-state index contributed by atoms with van der Waals surface area (Å²) < 4.78 is 5.70. The highest BCUT2D eigenvalue weighted by Crippen LogP contribution is 2.26. The Morgan fingerprint density at radius 3 is 2.84 bits per heavy atom. The summed E-state index contributed by atoms with van der Waals surface area (Å²) in [6, 6.07) is 5.57. The number of hydrogen-bond acceptors (Lipinski definition) is 4. The summed E-state index contributed by atoms with van der Waals surface area (Å²) in [6.07, 6.45) is 0.864. The Morgan fingerprint density at radius 1 is 1.47 bits per heavy atom. The van der Waals surface area contributed by atoms with E-state index >= 15 is 0 Å². The molecular formula is C14H17ClN2OS. The second kappa shape index (κ2) is 6.37. The second-order valence-electron chi connectivity index (χ2n) is 4.43. The molecule has 0 aliphatic carbocycles. The van der Waals surface area contributed by atoms with Crippen molar-refractivity contribution in [1.82, 2.24) is 4.98 Å². The van der Waals surface area contributed by atoms with E-state index in [0.29, 0.717) is 11.6 Å². The van der Waals surface area contributed by atoms with E-state index in [1.54, 1.807) is 11.3 Å². The van der Waals surface area contributed by atoms with Crippen molar-refractivity contribution in [2.45, 2.75) is 26.3 Å². The van der Waals surface area contributed by atoms with E-state index in [2.05, 4.69) is 4.98 Å². The Balaban J connectivity index is 1.93. The lowest BCUT2D eigenvalue weighted by Crippen LogP contribution is -2.06. The van der Waals surface area contributed by atoms with Crippen LogP contribution in [0.1, 0.15) is 29.1 Å². The molecule has 102 valence electrons. The van der Waals surface area contributed by atoms with Crippen molar-refractivity contribution in [3.05, 3.63) is 44.9 Å². The SMILES string of the molecule is Cc1ncsc1CCOc1ccc(C(C)N)c(Cl)c1. The molecule has 0 fully saturated rings. The summed E-state index contributed by atoms with van der Waals surface area (Å²) in [5.74, 6) is 0.775. The predicted molar refractivity (Wildman–Crippen MR) is 80.1 cm³/mol. The minimum atomic E-state index is -0.0682. The molecule has 1 atom stereocenters. The first-order valence-electron chi connectivity index (χ1n) is 6.14. The largest absolute Gasteiger partial charge is 0.493 e. The Morgan fingerprint density at radius 2 is 2.26 bits per heavy atom. The number of nitrogens with two attached hydrogens (primary N) is 1. The average Bonchev–Trinajstić information content (AvgIpc) is 2.75. The van der Waals surface area contributed by atoms with Crippen molar-refractivity contribution >= 4 is 22.9 Å². The molecule has 0 saturated heterocycles. The Bertz CT molecular complexity index is 554. The van der Waals surface area contributed by atoms with Crippen LogP contribution in [0, 0.1) is 6.92 Å². The first kappa shape index (κ1) is 14.3. The number of halogens is 1. The zero-order valence-electron chi connectivity index (χ0n) is 11.0. The van der Waals surface area contributed by atoms with E-state index in [4.69, 9.17) is 22.1 Å². The minimum Gasteiger partial charge on any atom is -0.493 e. The molecule has 0 saturated carbocycles. The average molecular weight is 297 g/mol. The Kier molecular flexibility index (Phi) is 4.80. The van der Waals surface area contributed by atoms with E-state index in [1.807, 2.05) is 37.6 Å². The zero-order chi connectivity index (χ0) is 13.8. The molecule has 2 N–H and O–H groups in total. The minimum absolute atomic E-state index is 0.0682. The number of benzene rings is 1. The maximum atomic E-state index is 6.16. The standard InChI is InChI=1S/C14H17ClN2OS/c1-9(16)12-4-3-11(7-13(12)15)18-6-5-14-10(2)17-8-19-14/h3-4,7-9H,5-6,16H2,1-2H3. The van der Waals surface area contributed by atoms with E-state index < -0.39 is 0 Å². The van der Waals surface area contributed by atoms with Gasteiger partial charge in [0.05, 0.1) is 17.8 Å². The zero-order valence-corrected chi connectivity index (χ0v) is 12.6. The molecule has 1 heterocycles. The van der Waals surface area contributed by atoms with Crippen molar-refractivity contribution in [1.29, 1.82) is 0 Å². The van der Waals surface area contributed by atoms with Crippen molar-refractivity contribution in [3.8, 4) is 5.75 Å². The summed E-state index contributed by atoms with van der Waals surface area (Å²) in [6.45, 7) is 4.55. The third-order valence-electron chi connectivity index (χ3n) is 2.91. The quantitative estimate of drug-likeness (QED) is 0.914. The van der Waals surface area contributed by atoms with Crippen molar-refractivity contribution < 1.29 is 4.74 Å². The number of hydrogen-bond donors (Lipinski definition) is 1. The number of aromatic nitrogens is 1. The molecule has 19 heavy (non-hydrogen) atoms. The van der Waals surface area contributed by atoms with E-state index in [0.717, 1.165) is 23.4 Å². The normalized spacial score (nSPS) is 12.4. The lowest BCUT2D eigenvalue weighted by molar-refractivity contribution is 0.322. The number of rotatable bonds is 5. The van der Waals surface area contributed by atoms with Gasteiger partial charge in [0.15, 0.2) is 0 Å². The van der Waals surface area contributed by atoms with Crippen molar-refractivity contribution in [3.63, 3.8) is 0 Å². The molecule has 0 radical (unpaired) electrons. The van der Waals surface area contributed by atoms with E-state index in [-0.39, 0.29) is 6.04 Å². The van der Waals surface area contributed by atoms with Crippen LogP contribution in [0.2, 0.25) is 5.02 Å². The molecule has 5 heteroatoms. The van der Waals surface area contributed by atoms with E-state index in [9.17, 15) is 0 Å². The van der Waals surface area contributed by atoms with Gasteiger partial charge in [-0.1, -0.05) is 17.7 Å². The van der Waals surface area contributed by atoms with Gasteiger partial charge < -0.3 is 10.5 Å². The molecule has 0 bridgehead atoms. The van der Waals surface area contributed by atoms with Crippen LogP contribution in [-0.4, -0.2) is 11.6 Å². The van der Waals surface area contributed by atoms with Crippen molar-refractivity contribution in [2.75, 3.05) is 6.61 Å². The predicted octanol–water partition coefficient (Wildman–Crippen LogP) is 3.75. The lowest BCUT2D eigenvalue weighted by atomic mass is 10.1. The number of ether oxygens (including phenoxy) is 1. The van der Waals surface area contributed by atoms with Gasteiger partial charge in [0, 0.05) is 22.4 Å². The summed E-state index contributed by atoms with van der Waals surface area (Å²) >= 11 is 7.82. The monoisotopic (exact) mass is 296 g/mol. The summed E-state index contributed by atoms with van der Waals surface area (Å²) in [7, 11) is 0. The van der Waals surface area contributed by atoms with Crippen LogP contribution in [0.3, 0.4) is 0 Å². The smallest absolute Gasteiger partial charge is 0.120 e. The molecule has 0 aliphatic rings. The fourth-order valence-electron chi connectivity index (χ4n) is 1.79. The molecule has 3 nitrogen and oxygen atoms in total. The Labute approximate surface area is 122 Å². The molecule has 1 unspecified atom stereocenters. The third kappa shape index (κ3) is 3.69. The number of nitrogens with zero attached hydrogens (tertiary/aromatic N) is 1. The van der Waals surface area contributed by atoms with Gasteiger partial charge in [-0.3, -0.25) is 0 Å². The number of aryl methyl sites for hydroxylation is 1. The molecule has 1 aromatic carbocycles. The molecule has 0 spiro atoms. The highest BCUT2D eigenvalue weighted by Gasteiger charge is 2.07. The lowest BCUT2D eigenvalue weighted by Gasteiger charge is -2.11. The molecular weight excluding hydrogens is 280 g/mol. The highest BCUT2D eigenvalue weighted by molar-refractivity contribution is 7.09. The second-order valence-corrected chi connectivity index (χ2v) is 5.78. The fourth-order valence-corrected chi connectivity index (χ4v) is 2.90. The van der Waals surface area contributed by atoms with Crippen LogP contribution in [0.4, 0.5) is 0 Å². The summed E-state index contributed by atoms with van der Waals surface area (Å²) in [4.78, 5) is 5.48. The van der Waals surface area contributed by atoms with Gasteiger partial charge >= 0.3 is 0 Å². The third-order valence-corrected chi connectivity index (χ3v) is 4.23. The first-order valence-corrected chi connectivity index (χ1v) is 7.40. The maximum Gasteiger partial charge on any atom is 0.120 e. The summed E-state index contributed by atoms with van der Waals surface area (Å²) in [5.41, 5.74) is 9.69. The van der Waals surface area contributed by atoms with Crippen LogP contribution in [-0.2, 0) is 6.42 Å². The number of thiazole rings is 1. The maximum absolute atomic E-state index is 6.16. The molecule has 0 aliphatic heterocycles. The van der Waals surface area contributed by atoms with Gasteiger partial charge in [-0.05, 0) is 31.5 Å². The Hall–Kier alpha value is -1.10. The van der Waals surface area contributed by atoms with Crippen LogP contribution in [0.25, 0.3) is 0 Å². The first-order chi connectivity index (χ1) is 9.08. The molecule has 0 amide bonds. The van der Waals surface area contributed by atoms with Crippen LogP contribution in [0.15, 0.2) is 23.7 Å². The molecule has 2 rings (SSSR count). The van der Waals surface area contributed by atoms with Gasteiger partial charge in [0.25, 0.3) is 0 Å². The van der Waals surface area contributed by atoms with E-state index in [1.165, 1.54) is 4.88 Å². The van der Waals surface area contributed by atoms with Crippen LogP contribution in [0.5, 0.6) is 5.75 Å². The fraction of sp³-hybridized carbons (Fsp3) is 0.357.